The summed E-state index contributed by atoms with van der Waals surface area (Å²) < 4.78 is 1.80. The number of aryl methyl sites for hydroxylation is 1. The van der Waals surface area contributed by atoms with Crippen LogP contribution in [-0.4, -0.2) is 25.0 Å². The third kappa shape index (κ3) is 3.50. The lowest BCUT2D eigenvalue weighted by molar-refractivity contribution is 0.546. The zero-order valence-corrected chi connectivity index (χ0v) is 17.2. The van der Waals surface area contributed by atoms with Gasteiger partial charge in [-0.1, -0.05) is 85.6 Å². The van der Waals surface area contributed by atoms with E-state index in [0.29, 0.717) is 17.1 Å². The highest BCUT2D eigenvalue weighted by molar-refractivity contribution is 6.31. The lowest BCUT2D eigenvalue weighted by Crippen LogP contribution is -2.17. The first-order valence-corrected chi connectivity index (χ1v) is 9.63. The van der Waals surface area contributed by atoms with Crippen LogP contribution < -0.4 is 0 Å². The Morgan fingerprint density at radius 3 is 2.36 bits per heavy atom. The van der Waals surface area contributed by atoms with Crippen LogP contribution in [0.4, 0.5) is 0 Å². The van der Waals surface area contributed by atoms with E-state index in [2.05, 4.69) is 62.3 Å². The largest absolute Gasteiger partial charge is 0.230 e. The summed E-state index contributed by atoms with van der Waals surface area (Å²) >= 11 is 6.34. The molecule has 0 fully saturated rings. The van der Waals surface area contributed by atoms with Gasteiger partial charge in [-0.3, -0.25) is 0 Å². The number of halogens is 1. The summed E-state index contributed by atoms with van der Waals surface area (Å²) in [5.41, 5.74) is 5.21. The van der Waals surface area contributed by atoms with Crippen molar-refractivity contribution in [1.29, 1.82) is 0 Å². The molecule has 0 unspecified atom stereocenters. The Labute approximate surface area is 169 Å². The van der Waals surface area contributed by atoms with Crippen molar-refractivity contribution >= 4 is 22.8 Å². The number of aromatic nitrogens is 5. The van der Waals surface area contributed by atoms with Crippen LogP contribution in [-0.2, 0) is 12.0 Å². The molecule has 4 aromatic rings. The normalized spacial score (nSPS) is 11.9. The quantitative estimate of drug-likeness (QED) is 0.482. The van der Waals surface area contributed by atoms with Gasteiger partial charge < -0.3 is 0 Å². The fourth-order valence-corrected chi connectivity index (χ4v) is 3.19. The number of nitrogens with zero attached hydrogens (tertiary/aromatic N) is 5. The Balaban J connectivity index is 1.91. The van der Waals surface area contributed by atoms with Crippen molar-refractivity contribution in [3.63, 3.8) is 0 Å². The topological polar surface area (TPSA) is 56.5 Å². The minimum absolute atomic E-state index is 0.201. The number of fused-ring (bicyclic) bond motifs is 1. The number of hydrogen-bond donors (Lipinski definition) is 0. The van der Waals surface area contributed by atoms with Gasteiger partial charge in [0.25, 0.3) is 0 Å². The van der Waals surface area contributed by atoms with E-state index >= 15 is 0 Å². The Morgan fingerprint density at radius 2 is 1.68 bits per heavy atom. The molecule has 0 radical (unpaired) electrons. The number of rotatable bonds is 3. The maximum absolute atomic E-state index is 6.34. The summed E-state index contributed by atoms with van der Waals surface area (Å²) in [7, 11) is 0. The maximum atomic E-state index is 6.34. The van der Waals surface area contributed by atoms with Crippen LogP contribution in [0, 0.1) is 6.92 Å². The highest BCUT2D eigenvalue weighted by atomic mass is 35.5. The van der Waals surface area contributed by atoms with Crippen LogP contribution in [0.2, 0.25) is 5.02 Å². The molecule has 0 aliphatic heterocycles. The first-order chi connectivity index (χ1) is 13.3. The van der Waals surface area contributed by atoms with Crippen molar-refractivity contribution < 1.29 is 0 Å². The summed E-state index contributed by atoms with van der Waals surface area (Å²) in [5.74, 6) is 0.762. The molecule has 0 aliphatic rings. The molecule has 0 amide bonds. The molecule has 28 heavy (non-hydrogen) atoms. The van der Waals surface area contributed by atoms with Gasteiger partial charge in [-0.15, -0.1) is 5.10 Å². The highest BCUT2D eigenvalue weighted by Gasteiger charge is 2.23. The van der Waals surface area contributed by atoms with Crippen LogP contribution >= 0.6 is 11.6 Å². The predicted molar refractivity (Wildman–Crippen MR) is 113 cm³/mol. The van der Waals surface area contributed by atoms with Crippen molar-refractivity contribution in [1.82, 2.24) is 25.0 Å². The van der Waals surface area contributed by atoms with Crippen molar-refractivity contribution in [2.24, 2.45) is 0 Å². The molecule has 0 bridgehead atoms. The van der Waals surface area contributed by atoms with E-state index in [4.69, 9.17) is 21.6 Å². The molecule has 2 aromatic heterocycles. The van der Waals surface area contributed by atoms with E-state index in [0.717, 1.165) is 28.3 Å². The SMILES string of the molecule is Cc1ccc(-c2nc(C(C)(C)C)nc3c2nnn3Cc2ccccc2Cl)cc1. The molecule has 0 saturated carbocycles. The summed E-state index contributed by atoms with van der Waals surface area (Å²) in [6.45, 7) is 8.89. The summed E-state index contributed by atoms with van der Waals surface area (Å²) in [5, 5.41) is 9.48. The van der Waals surface area contributed by atoms with Gasteiger partial charge >= 0.3 is 0 Å². The molecule has 2 aromatic carbocycles. The van der Waals surface area contributed by atoms with Gasteiger partial charge in [-0.2, -0.15) is 0 Å². The number of benzene rings is 2. The summed E-state index contributed by atoms with van der Waals surface area (Å²) in [6, 6.07) is 16.0. The second-order valence-corrected chi connectivity index (χ2v) is 8.43. The molecule has 142 valence electrons. The molecular weight excluding hydrogens is 370 g/mol. The Bertz CT molecular complexity index is 1140. The van der Waals surface area contributed by atoms with Crippen molar-refractivity contribution in [2.45, 2.75) is 39.7 Å². The van der Waals surface area contributed by atoms with Crippen LogP contribution in [0.25, 0.3) is 22.4 Å². The highest BCUT2D eigenvalue weighted by Crippen LogP contribution is 2.29. The molecule has 0 saturated heterocycles. The lowest BCUT2D eigenvalue weighted by Gasteiger charge is -2.18. The maximum Gasteiger partial charge on any atom is 0.182 e. The van der Waals surface area contributed by atoms with Crippen LogP contribution in [0.15, 0.2) is 48.5 Å². The third-order valence-corrected chi connectivity index (χ3v) is 5.01. The molecule has 0 atom stereocenters. The van der Waals surface area contributed by atoms with E-state index in [1.165, 1.54) is 5.56 Å². The summed E-state index contributed by atoms with van der Waals surface area (Å²) in [6.07, 6.45) is 0. The van der Waals surface area contributed by atoms with E-state index in [1.54, 1.807) is 4.68 Å². The second-order valence-electron chi connectivity index (χ2n) is 8.02. The monoisotopic (exact) mass is 391 g/mol. The molecule has 0 aliphatic carbocycles. The second kappa shape index (κ2) is 6.99. The molecule has 0 N–H and O–H groups in total. The van der Waals surface area contributed by atoms with E-state index in [9.17, 15) is 0 Å². The zero-order chi connectivity index (χ0) is 19.9. The van der Waals surface area contributed by atoms with Gasteiger partial charge in [0.05, 0.1) is 6.54 Å². The van der Waals surface area contributed by atoms with E-state index < -0.39 is 0 Å². The van der Waals surface area contributed by atoms with Gasteiger partial charge in [-0.05, 0) is 18.6 Å². The zero-order valence-electron chi connectivity index (χ0n) is 16.4. The van der Waals surface area contributed by atoms with E-state index in [1.807, 2.05) is 24.3 Å². The van der Waals surface area contributed by atoms with Crippen LogP contribution in [0.5, 0.6) is 0 Å². The van der Waals surface area contributed by atoms with E-state index in [-0.39, 0.29) is 5.41 Å². The minimum atomic E-state index is -0.201. The summed E-state index contributed by atoms with van der Waals surface area (Å²) in [4.78, 5) is 9.68. The van der Waals surface area contributed by atoms with Gasteiger partial charge in [0.15, 0.2) is 11.2 Å². The molecule has 0 spiro atoms. The van der Waals surface area contributed by atoms with Gasteiger partial charge in [-0.25, -0.2) is 14.6 Å². The van der Waals surface area contributed by atoms with Gasteiger partial charge in [0.1, 0.15) is 11.5 Å². The molecular formula is C22H22ClN5. The van der Waals surface area contributed by atoms with Crippen LogP contribution in [0.3, 0.4) is 0 Å². The van der Waals surface area contributed by atoms with Crippen molar-refractivity contribution in [2.75, 3.05) is 0 Å². The van der Waals surface area contributed by atoms with Crippen molar-refractivity contribution in [3.05, 3.63) is 70.5 Å². The molecule has 5 nitrogen and oxygen atoms in total. The first-order valence-electron chi connectivity index (χ1n) is 9.25. The molecule has 6 heteroatoms. The Morgan fingerprint density at radius 1 is 0.964 bits per heavy atom. The molecule has 4 rings (SSSR count). The lowest BCUT2D eigenvalue weighted by atomic mass is 9.95. The predicted octanol–water partition coefficient (Wildman–Crippen LogP) is 5.20. The number of hydrogen-bond acceptors (Lipinski definition) is 4. The standard InChI is InChI=1S/C22H22ClN5/c1-14-9-11-15(12-10-14)18-19-20(25-21(24-18)22(2,3)4)28(27-26-19)13-16-7-5-6-8-17(16)23/h5-12H,13H2,1-4H3. The average Bonchev–Trinajstić information content (AvgIpc) is 3.06. The smallest absolute Gasteiger partial charge is 0.182 e. The molecule has 2 heterocycles. The van der Waals surface area contributed by atoms with Gasteiger partial charge in [0, 0.05) is 16.0 Å². The van der Waals surface area contributed by atoms with Gasteiger partial charge in [0.2, 0.25) is 0 Å². The Hall–Kier alpha value is -2.79. The fraction of sp³-hybridized carbons (Fsp3) is 0.273. The first kappa shape index (κ1) is 18.6. The average molecular weight is 392 g/mol. The van der Waals surface area contributed by atoms with Crippen molar-refractivity contribution in [3.8, 4) is 11.3 Å². The third-order valence-electron chi connectivity index (χ3n) is 4.64. The fourth-order valence-electron chi connectivity index (χ4n) is 3.00. The minimum Gasteiger partial charge on any atom is -0.230 e. The van der Waals surface area contributed by atoms with Crippen LogP contribution in [0.1, 0.15) is 37.7 Å². The Kier molecular flexibility index (Phi) is 4.63.